The first kappa shape index (κ1) is 15.5. The molecule has 0 aliphatic carbocycles. The van der Waals surface area contributed by atoms with Gasteiger partial charge < -0.3 is 15.0 Å². The minimum absolute atomic E-state index is 0.102. The Labute approximate surface area is 115 Å². The molecule has 0 aliphatic rings. The molecule has 0 atom stereocenters. The van der Waals surface area contributed by atoms with E-state index >= 15 is 0 Å². The smallest absolute Gasteiger partial charge is 0.236 e. The minimum Gasteiger partial charge on any atom is -0.492 e. The average molecular weight is 264 g/mol. The Morgan fingerprint density at radius 3 is 2.79 bits per heavy atom. The van der Waals surface area contributed by atoms with Gasteiger partial charge in [0.2, 0.25) is 5.91 Å². The van der Waals surface area contributed by atoms with Crippen molar-refractivity contribution < 1.29 is 9.53 Å². The second-order valence-corrected chi connectivity index (χ2v) is 4.94. The van der Waals surface area contributed by atoms with Crippen LogP contribution in [0.15, 0.2) is 24.3 Å². The molecule has 1 aromatic rings. The number of aryl methyl sites for hydroxylation is 1. The number of ether oxygens (including phenoxy) is 1. The van der Waals surface area contributed by atoms with Crippen molar-refractivity contribution in [2.45, 2.75) is 26.8 Å². The van der Waals surface area contributed by atoms with Gasteiger partial charge in [-0.25, -0.2) is 0 Å². The van der Waals surface area contributed by atoms with Gasteiger partial charge in [0.15, 0.2) is 0 Å². The highest BCUT2D eigenvalue weighted by molar-refractivity contribution is 5.78. The van der Waals surface area contributed by atoms with Crippen molar-refractivity contribution in [2.75, 3.05) is 26.7 Å². The number of rotatable bonds is 7. The lowest BCUT2D eigenvalue weighted by atomic mass is 10.2. The van der Waals surface area contributed by atoms with E-state index in [2.05, 4.69) is 5.32 Å². The number of carbonyl (C=O) groups excluding carboxylic acids is 1. The Balaban J connectivity index is 2.16. The summed E-state index contributed by atoms with van der Waals surface area (Å²) in [7, 11) is 1.82. The zero-order valence-electron chi connectivity index (χ0n) is 12.3. The van der Waals surface area contributed by atoms with E-state index in [4.69, 9.17) is 4.74 Å². The van der Waals surface area contributed by atoms with Crippen molar-refractivity contribution in [2.24, 2.45) is 0 Å². The van der Waals surface area contributed by atoms with Crippen LogP contribution in [0, 0.1) is 6.92 Å². The zero-order chi connectivity index (χ0) is 14.3. The maximum Gasteiger partial charge on any atom is 0.236 e. The highest BCUT2D eigenvalue weighted by atomic mass is 16.5. The van der Waals surface area contributed by atoms with Gasteiger partial charge in [0, 0.05) is 19.6 Å². The topological polar surface area (TPSA) is 41.6 Å². The maximum absolute atomic E-state index is 11.7. The lowest BCUT2D eigenvalue weighted by Gasteiger charge is -2.21. The maximum atomic E-state index is 11.7. The molecule has 0 spiro atoms. The van der Waals surface area contributed by atoms with Crippen molar-refractivity contribution in [3.8, 4) is 5.75 Å². The molecule has 1 aromatic carbocycles. The molecule has 106 valence electrons. The summed E-state index contributed by atoms with van der Waals surface area (Å²) in [6.07, 6.45) is 0. The lowest BCUT2D eigenvalue weighted by Crippen LogP contribution is -2.40. The second-order valence-electron chi connectivity index (χ2n) is 4.94. The summed E-state index contributed by atoms with van der Waals surface area (Å²) in [5, 5.41) is 3.09. The summed E-state index contributed by atoms with van der Waals surface area (Å²) in [5.41, 5.74) is 1.18. The molecule has 0 aromatic heterocycles. The SMILES string of the molecule is Cc1cccc(OCCNCC(=O)N(C)C(C)C)c1. The molecule has 1 N–H and O–H groups in total. The molecule has 0 fully saturated rings. The summed E-state index contributed by atoms with van der Waals surface area (Å²) in [6.45, 7) is 7.60. The molecular weight excluding hydrogens is 240 g/mol. The summed E-state index contributed by atoms with van der Waals surface area (Å²) >= 11 is 0. The van der Waals surface area contributed by atoms with Crippen molar-refractivity contribution in [3.63, 3.8) is 0 Å². The summed E-state index contributed by atoms with van der Waals surface area (Å²) in [5.74, 6) is 0.970. The van der Waals surface area contributed by atoms with E-state index in [1.54, 1.807) is 4.90 Å². The van der Waals surface area contributed by atoms with Gasteiger partial charge >= 0.3 is 0 Å². The largest absolute Gasteiger partial charge is 0.492 e. The van der Waals surface area contributed by atoms with Crippen LogP contribution < -0.4 is 10.1 Å². The monoisotopic (exact) mass is 264 g/mol. The van der Waals surface area contributed by atoms with E-state index in [-0.39, 0.29) is 11.9 Å². The van der Waals surface area contributed by atoms with Crippen LogP contribution in [0.4, 0.5) is 0 Å². The average Bonchev–Trinajstić information content (AvgIpc) is 2.37. The Kier molecular flexibility index (Phi) is 6.36. The molecule has 19 heavy (non-hydrogen) atoms. The third-order valence-electron chi connectivity index (χ3n) is 2.98. The van der Waals surface area contributed by atoms with Crippen LogP contribution in [0.3, 0.4) is 0 Å². The first-order valence-corrected chi connectivity index (χ1v) is 6.66. The van der Waals surface area contributed by atoms with Crippen LogP contribution in [0.5, 0.6) is 5.75 Å². The minimum atomic E-state index is 0.102. The molecule has 0 unspecified atom stereocenters. The summed E-state index contributed by atoms with van der Waals surface area (Å²) in [6, 6.07) is 8.17. The Hall–Kier alpha value is -1.55. The molecule has 0 saturated carbocycles. The van der Waals surface area contributed by atoms with E-state index in [1.807, 2.05) is 52.1 Å². The van der Waals surface area contributed by atoms with Crippen molar-refractivity contribution in [1.82, 2.24) is 10.2 Å². The van der Waals surface area contributed by atoms with Gasteiger partial charge in [-0.2, -0.15) is 0 Å². The number of amides is 1. The van der Waals surface area contributed by atoms with Crippen LogP contribution in [-0.4, -0.2) is 43.6 Å². The Morgan fingerprint density at radius 2 is 2.16 bits per heavy atom. The first-order chi connectivity index (χ1) is 9.00. The Morgan fingerprint density at radius 1 is 1.42 bits per heavy atom. The standard InChI is InChI=1S/C15H24N2O2/c1-12(2)17(4)15(18)11-16-8-9-19-14-7-5-6-13(3)10-14/h5-7,10,12,16H,8-9,11H2,1-4H3. The molecule has 0 heterocycles. The number of benzene rings is 1. The highest BCUT2D eigenvalue weighted by Gasteiger charge is 2.10. The number of carbonyl (C=O) groups is 1. The van der Waals surface area contributed by atoms with Crippen LogP contribution in [0.2, 0.25) is 0 Å². The first-order valence-electron chi connectivity index (χ1n) is 6.66. The molecule has 0 aliphatic heterocycles. The van der Waals surface area contributed by atoms with Gasteiger partial charge in [-0.15, -0.1) is 0 Å². The van der Waals surface area contributed by atoms with Gasteiger partial charge in [-0.3, -0.25) is 4.79 Å². The van der Waals surface area contributed by atoms with Gasteiger partial charge in [-0.05, 0) is 38.5 Å². The number of hydrogen-bond acceptors (Lipinski definition) is 3. The molecule has 4 heteroatoms. The van der Waals surface area contributed by atoms with E-state index in [9.17, 15) is 4.79 Å². The fraction of sp³-hybridized carbons (Fsp3) is 0.533. The molecule has 0 bridgehead atoms. The van der Waals surface area contributed by atoms with Gasteiger partial charge in [0.1, 0.15) is 12.4 Å². The molecule has 1 rings (SSSR count). The third-order valence-corrected chi connectivity index (χ3v) is 2.98. The van der Waals surface area contributed by atoms with Crippen LogP contribution >= 0.6 is 0 Å². The second kappa shape index (κ2) is 7.79. The fourth-order valence-corrected chi connectivity index (χ4v) is 1.55. The van der Waals surface area contributed by atoms with Gasteiger partial charge in [0.05, 0.1) is 6.54 Å². The van der Waals surface area contributed by atoms with Crippen molar-refractivity contribution in [3.05, 3.63) is 29.8 Å². The lowest BCUT2D eigenvalue weighted by molar-refractivity contribution is -0.130. The Bertz CT molecular complexity index is 405. The molecule has 0 saturated heterocycles. The fourth-order valence-electron chi connectivity index (χ4n) is 1.55. The van der Waals surface area contributed by atoms with Crippen molar-refractivity contribution in [1.29, 1.82) is 0 Å². The quantitative estimate of drug-likeness (QED) is 0.764. The van der Waals surface area contributed by atoms with E-state index in [0.717, 1.165) is 5.75 Å². The van der Waals surface area contributed by atoms with Crippen LogP contribution in [-0.2, 0) is 4.79 Å². The predicted molar refractivity (Wildman–Crippen MR) is 77.4 cm³/mol. The summed E-state index contributed by atoms with van der Waals surface area (Å²) in [4.78, 5) is 13.4. The predicted octanol–water partition coefficient (Wildman–Crippen LogP) is 1.83. The number of nitrogens with one attached hydrogen (secondary N) is 1. The van der Waals surface area contributed by atoms with E-state index < -0.39 is 0 Å². The molecular formula is C15H24N2O2. The van der Waals surface area contributed by atoms with Crippen molar-refractivity contribution >= 4 is 5.91 Å². The molecule has 4 nitrogen and oxygen atoms in total. The van der Waals surface area contributed by atoms with E-state index in [0.29, 0.717) is 19.7 Å². The zero-order valence-corrected chi connectivity index (χ0v) is 12.3. The highest BCUT2D eigenvalue weighted by Crippen LogP contribution is 2.11. The van der Waals surface area contributed by atoms with Crippen LogP contribution in [0.1, 0.15) is 19.4 Å². The van der Waals surface area contributed by atoms with Gasteiger partial charge in [-0.1, -0.05) is 12.1 Å². The molecule has 1 amide bonds. The number of hydrogen-bond donors (Lipinski definition) is 1. The summed E-state index contributed by atoms with van der Waals surface area (Å²) < 4.78 is 5.59. The molecule has 0 radical (unpaired) electrons. The number of likely N-dealkylation sites (N-methyl/N-ethyl adjacent to an activating group) is 1. The van der Waals surface area contributed by atoms with Gasteiger partial charge in [0.25, 0.3) is 0 Å². The number of nitrogens with zero attached hydrogens (tertiary/aromatic N) is 1. The normalized spacial score (nSPS) is 10.6. The third kappa shape index (κ3) is 5.75. The van der Waals surface area contributed by atoms with Crippen LogP contribution in [0.25, 0.3) is 0 Å². The van der Waals surface area contributed by atoms with E-state index in [1.165, 1.54) is 5.56 Å².